The van der Waals surface area contributed by atoms with Crippen LogP contribution in [-0.4, -0.2) is 36.4 Å². The number of carbonyl (C=O) groups is 1. The third-order valence-corrected chi connectivity index (χ3v) is 6.30. The summed E-state index contributed by atoms with van der Waals surface area (Å²) in [5.41, 5.74) is 4.36. The van der Waals surface area contributed by atoms with E-state index < -0.39 is 29.8 Å². The highest BCUT2D eigenvalue weighted by Crippen LogP contribution is 2.26. The van der Waals surface area contributed by atoms with Gasteiger partial charge in [0.05, 0.1) is 31.4 Å². The van der Waals surface area contributed by atoms with Crippen LogP contribution in [0.4, 0.5) is 19.3 Å². The average molecular weight is 496 g/mol. The van der Waals surface area contributed by atoms with Gasteiger partial charge in [-0.05, 0) is 59.4 Å². The second-order valence-corrected chi connectivity index (χ2v) is 8.98. The van der Waals surface area contributed by atoms with Gasteiger partial charge in [0, 0.05) is 18.3 Å². The molecule has 3 aromatic rings. The van der Waals surface area contributed by atoms with E-state index in [9.17, 15) is 18.7 Å². The monoisotopic (exact) mass is 495 g/mol. The van der Waals surface area contributed by atoms with E-state index in [1.165, 1.54) is 17.7 Å². The van der Waals surface area contributed by atoms with Crippen molar-refractivity contribution in [3.63, 3.8) is 0 Å². The first-order valence-corrected chi connectivity index (χ1v) is 12.1. The first kappa shape index (κ1) is 25.8. The van der Waals surface area contributed by atoms with E-state index >= 15 is 0 Å². The van der Waals surface area contributed by atoms with Crippen molar-refractivity contribution in [3.8, 4) is 0 Å². The predicted molar refractivity (Wildman–Crippen MR) is 135 cm³/mol. The van der Waals surface area contributed by atoms with Gasteiger partial charge in [-0.25, -0.2) is 13.6 Å². The van der Waals surface area contributed by atoms with Gasteiger partial charge in [-0.1, -0.05) is 43.3 Å². The van der Waals surface area contributed by atoms with E-state index in [-0.39, 0.29) is 19.0 Å². The van der Waals surface area contributed by atoms with Gasteiger partial charge in [0.2, 0.25) is 0 Å². The van der Waals surface area contributed by atoms with Crippen LogP contribution in [-0.2, 0) is 24.2 Å². The van der Waals surface area contributed by atoms with Crippen LogP contribution in [0.5, 0.6) is 0 Å². The summed E-state index contributed by atoms with van der Waals surface area (Å²) in [6, 6.07) is 16.9. The molecule has 0 aliphatic carbocycles. The summed E-state index contributed by atoms with van der Waals surface area (Å²) >= 11 is 0. The number of aryl methyl sites for hydroxylation is 1. The molecular formula is C28H31F2N3O3. The second kappa shape index (κ2) is 12.1. The Bertz CT molecular complexity index is 1160. The van der Waals surface area contributed by atoms with Crippen molar-refractivity contribution < 1.29 is 23.4 Å². The molecule has 190 valence electrons. The third kappa shape index (κ3) is 6.87. The molecule has 0 fully saturated rings. The maximum absolute atomic E-state index is 13.8. The van der Waals surface area contributed by atoms with Crippen molar-refractivity contribution in [2.45, 2.75) is 44.6 Å². The molecule has 0 saturated carbocycles. The molecule has 0 bridgehead atoms. The fraction of sp³-hybridized carbons (Fsp3) is 0.321. The van der Waals surface area contributed by atoms with E-state index in [2.05, 4.69) is 41.1 Å². The van der Waals surface area contributed by atoms with Crippen LogP contribution in [0.3, 0.4) is 0 Å². The SMILES string of the molecule is CCc1ccc2c(c1)C(NC[C@H](O)[C@H](Cc1cc(F)cc(F)c1)NC(=O)Nc1ccccc1)COC2. The molecule has 6 nitrogen and oxygen atoms in total. The number of amides is 2. The van der Waals surface area contributed by atoms with Gasteiger partial charge in [0.1, 0.15) is 11.6 Å². The van der Waals surface area contributed by atoms with E-state index in [0.717, 1.165) is 23.6 Å². The molecule has 36 heavy (non-hydrogen) atoms. The van der Waals surface area contributed by atoms with Crippen molar-refractivity contribution in [1.82, 2.24) is 10.6 Å². The predicted octanol–water partition coefficient (Wildman–Crippen LogP) is 4.48. The van der Waals surface area contributed by atoms with Crippen LogP contribution in [0.25, 0.3) is 0 Å². The topological polar surface area (TPSA) is 82.6 Å². The average Bonchev–Trinajstić information content (AvgIpc) is 2.86. The highest BCUT2D eigenvalue weighted by atomic mass is 19.1. The number of aliphatic hydroxyl groups is 1. The summed E-state index contributed by atoms with van der Waals surface area (Å²) in [5.74, 6) is -1.43. The standard InChI is InChI=1S/C28H31F2N3O3/c1-2-18-8-9-20-16-36-17-26(24(20)12-18)31-15-27(34)25(13-19-10-21(29)14-22(30)11-19)33-28(35)32-23-6-4-3-5-7-23/h3-12,14,25-27,31,34H,2,13,15-17H2,1H3,(H2,32,33,35)/t25-,26?,27-/m0/s1. The summed E-state index contributed by atoms with van der Waals surface area (Å²) in [6.45, 7) is 3.22. The summed E-state index contributed by atoms with van der Waals surface area (Å²) in [6.07, 6.45) is -0.0918. The zero-order valence-electron chi connectivity index (χ0n) is 20.1. The van der Waals surface area contributed by atoms with Crippen molar-refractivity contribution in [2.75, 3.05) is 18.5 Å². The molecule has 3 atom stereocenters. The minimum absolute atomic E-state index is 0.0392. The Balaban J connectivity index is 1.47. The van der Waals surface area contributed by atoms with Gasteiger partial charge >= 0.3 is 6.03 Å². The molecule has 0 radical (unpaired) electrons. The lowest BCUT2D eigenvalue weighted by Crippen LogP contribution is -2.50. The first-order chi connectivity index (χ1) is 17.4. The van der Waals surface area contributed by atoms with Gasteiger partial charge in [0.25, 0.3) is 0 Å². The minimum Gasteiger partial charge on any atom is -0.390 e. The van der Waals surface area contributed by atoms with Gasteiger partial charge in [-0.2, -0.15) is 0 Å². The highest BCUT2D eigenvalue weighted by molar-refractivity contribution is 5.89. The van der Waals surface area contributed by atoms with Crippen LogP contribution in [0, 0.1) is 11.6 Å². The number of para-hydroxylation sites is 1. The Hall–Kier alpha value is -3.33. The number of hydrogen-bond donors (Lipinski definition) is 4. The number of ether oxygens (including phenoxy) is 1. The lowest BCUT2D eigenvalue weighted by molar-refractivity contribution is 0.0708. The summed E-state index contributed by atoms with van der Waals surface area (Å²) in [5, 5.41) is 19.9. The molecule has 3 aromatic carbocycles. The molecule has 1 unspecified atom stereocenters. The van der Waals surface area contributed by atoms with Gasteiger partial charge < -0.3 is 25.8 Å². The van der Waals surface area contributed by atoms with Crippen LogP contribution in [0.15, 0.2) is 66.7 Å². The number of halogens is 2. The Labute approximate surface area is 209 Å². The molecule has 0 aromatic heterocycles. The maximum atomic E-state index is 13.8. The molecule has 4 rings (SSSR count). The Morgan fingerprint density at radius 1 is 1.06 bits per heavy atom. The quantitative estimate of drug-likeness (QED) is 0.353. The maximum Gasteiger partial charge on any atom is 0.319 e. The lowest BCUT2D eigenvalue weighted by Gasteiger charge is -2.30. The van der Waals surface area contributed by atoms with Crippen molar-refractivity contribution in [3.05, 3.63) is 101 Å². The van der Waals surface area contributed by atoms with Gasteiger partial charge in [-0.3, -0.25) is 0 Å². The number of carbonyl (C=O) groups excluding carboxylic acids is 1. The number of urea groups is 1. The Kier molecular flexibility index (Phi) is 8.64. The molecule has 8 heteroatoms. The van der Waals surface area contributed by atoms with E-state index in [1.54, 1.807) is 24.3 Å². The number of benzene rings is 3. The molecule has 2 amide bonds. The summed E-state index contributed by atoms with van der Waals surface area (Å²) < 4.78 is 33.3. The summed E-state index contributed by atoms with van der Waals surface area (Å²) in [4.78, 5) is 12.7. The molecule has 1 heterocycles. The smallest absolute Gasteiger partial charge is 0.319 e. The fourth-order valence-electron chi connectivity index (χ4n) is 4.39. The van der Waals surface area contributed by atoms with Crippen LogP contribution in [0.2, 0.25) is 0 Å². The molecular weight excluding hydrogens is 464 g/mol. The van der Waals surface area contributed by atoms with Gasteiger partial charge in [-0.15, -0.1) is 0 Å². The van der Waals surface area contributed by atoms with Crippen LogP contribution < -0.4 is 16.0 Å². The normalized spacial score (nSPS) is 16.6. The zero-order chi connectivity index (χ0) is 25.5. The van der Waals surface area contributed by atoms with Crippen molar-refractivity contribution in [2.24, 2.45) is 0 Å². The molecule has 1 aliphatic heterocycles. The zero-order valence-corrected chi connectivity index (χ0v) is 20.1. The minimum atomic E-state index is -1.04. The van der Waals surface area contributed by atoms with Crippen LogP contribution in [0.1, 0.15) is 35.2 Å². The molecule has 4 N–H and O–H groups in total. The Morgan fingerprint density at radius 3 is 2.53 bits per heavy atom. The van der Waals surface area contributed by atoms with Crippen molar-refractivity contribution in [1.29, 1.82) is 0 Å². The lowest BCUT2D eigenvalue weighted by atomic mass is 9.95. The second-order valence-electron chi connectivity index (χ2n) is 8.98. The van der Waals surface area contributed by atoms with Gasteiger partial charge in [0.15, 0.2) is 0 Å². The Morgan fingerprint density at radius 2 is 1.81 bits per heavy atom. The number of anilines is 1. The van der Waals surface area contributed by atoms with Crippen LogP contribution >= 0.6 is 0 Å². The highest BCUT2D eigenvalue weighted by Gasteiger charge is 2.26. The number of hydrogen-bond acceptors (Lipinski definition) is 4. The first-order valence-electron chi connectivity index (χ1n) is 12.1. The van der Waals surface area contributed by atoms with E-state index in [0.29, 0.717) is 24.5 Å². The van der Waals surface area contributed by atoms with Crippen molar-refractivity contribution >= 4 is 11.7 Å². The number of nitrogens with one attached hydrogen (secondary N) is 3. The van der Waals surface area contributed by atoms with E-state index in [1.807, 2.05) is 6.07 Å². The molecule has 1 aliphatic rings. The molecule has 0 spiro atoms. The fourth-order valence-corrected chi connectivity index (χ4v) is 4.39. The third-order valence-electron chi connectivity index (χ3n) is 6.30. The summed E-state index contributed by atoms with van der Waals surface area (Å²) in [7, 11) is 0. The number of rotatable bonds is 9. The molecule has 0 saturated heterocycles. The number of aliphatic hydroxyl groups excluding tert-OH is 1. The van der Waals surface area contributed by atoms with E-state index in [4.69, 9.17) is 4.74 Å². The number of fused-ring (bicyclic) bond motifs is 1. The largest absolute Gasteiger partial charge is 0.390 e.